The molecule has 0 saturated carbocycles. The second-order valence-corrected chi connectivity index (χ2v) is 12.2. The number of unbranched alkanes of at least 4 members (excludes halogenated alkanes) is 2. The highest BCUT2D eigenvalue weighted by molar-refractivity contribution is 7.87. The number of benzene rings is 2. The molecular weight excluding hydrogens is 494 g/mol. The summed E-state index contributed by atoms with van der Waals surface area (Å²) in [6.07, 6.45) is 6.89. The van der Waals surface area contributed by atoms with Gasteiger partial charge >= 0.3 is 10.1 Å². The third-order valence-corrected chi connectivity index (χ3v) is 8.57. The van der Waals surface area contributed by atoms with Crippen LogP contribution in [0.4, 0.5) is 0 Å². The van der Waals surface area contributed by atoms with E-state index in [-0.39, 0.29) is 23.3 Å². The molecule has 8 nitrogen and oxygen atoms in total. The lowest BCUT2D eigenvalue weighted by Gasteiger charge is -2.46. The highest BCUT2D eigenvalue weighted by Crippen LogP contribution is 2.54. The van der Waals surface area contributed by atoms with Crippen molar-refractivity contribution in [3.63, 3.8) is 0 Å². The van der Waals surface area contributed by atoms with Gasteiger partial charge in [0.2, 0.25) is 0 Å². The maximum Gasteiger partial charge on any atom is 0.339 e. The fraction of sp³-hybridized carbons (Fsp3) is 0.500. The minimum Gasteiger partial charge on any atom is -0.487 e. The molecule has 1 aliphatic carbocycles. The van der Waals surface area contributed by atoms with Crippen LogP contribution in [0, 0.1) is 23.0 Å². The number of fused-ring (bicyclic) bond motifs is 3. The summed E-state index contributed by atoms with van der Waals surface area (Å²) in [5.74, 6) is 1.14. The molecule has 2 aliphatic rings. The number of aryl methyl sites for hydroxylation is 2. The van der Waals surface area contributed by atoms with Gasteiger partial charge in [-0.3, -0.25) is 0 Å². The van der Waals surface area contributed by atoms with E-state index in [1.165, 1.54) is 5.57 Å². The highest BCUT2D eigenvalue weighted by Gasteiger charge is 2.46. The standard InChI is InChI=1S/C28H35NO7S/c1-19-9-12-22(13-10-19)37(32,33)36-26-18-21(8-6-5-7-15-34-29(30)31)17-25-27(26)23-16-20(2)11-14-24(23)28(3,4)35-25/h9-10,12-13,16-18,23-24H,5-8,11,14-15H2,1-4H3/t23-,24-/m1/s1. The van der Waals surface area contributed by atoms with E-state index in [1.807, 2.05) is 19.1 Å². The van der Waals surface area contributed by atoms with E-state index in [2.05, 4.69) is 31.7 Å². The van der Waals surface area contributed by atoms with E-state index < -0.39 is 20.8 Å². The number of ether oxygens (including phenoxy) is 1. The van der Waals surface area contributed by atoms with Crippen LogP contribution in [0.5, 0.6) is 11.5 Å². The molecule has 0 amide bonds. The van der Waals surface area contributed by atoms with E-state index in [1.54, 1.807) is 24.3 Å². The smallest absolute Gasteiger partial charge is 0.339 e. The minimum absolute atomic E-state index is 0.0101. The zero-order valence-electron chi connectivity index (χ0n) is 21.9. The molecule has 200 valence electrons. The largest absolute Gasteiger partial charge is 0.487 e. The second-order valence-electron chi connectivity index (χ2n) is 10.6. The van der Waals surface area contributed by atoms with Gasteiger partial charge in [-0.2, -0.15) is 8.42 Å². The van der Waals surface area contributed by atoms with Crippen molar-refractivity contribution in [3.8, 4) is 11.5 Å². The first-order valence-electron chi connectivity index (χ1n) is 12.8. The SMILES string of the molecule is CC1=C[C@H]2c3c(cc(CCCCCO[N+](=O)[O-])cc3OS(=O)(=O)c3ccc(C)cc3)OC(C)(C)[C@@H]2CC1. The lowest BCUT2D eigenvalue weighted by Crippen LogP contribution is -2.45. The first-order chi connectivity index (χ1) is 17.5. The van der Waals surface area contributed by atoms with Crippen LogP contribution in [0.15, 0.2) is 52.9 Å². The maximum atomic E-state index is 13.3. The zero-order chi connectivity index (χ0) is 26.8. The number of hydrogen-bond acceptors (Lipinski definition) is 7. The van der Waals surface area contributed by atoms with Crippen molar-refractivity contribution in [2.45, 2.75) is 82.6 Å². The average molecular weight is 530 g/mol. The van der Waals surface area contributed by atoms with E-state index in [4.69, 9.17) is 8.92 Å². The normalized spacial score (nSPS) is 20.2. The Morgan fingerprint density at radius 3 is 2.54 bits per heavy atom. The Labute approximate surface area is 218 Å². The number of rotatable bonds is 10. The van der Waals surface area contributed by atoms with Gasteiger partial charge in [-0.1, -0.05) is 35.8 Å². The fourth-order valence-corrected chi connectivity index (χ4v) is 6.33. The van der Waals surface area contributed by atoms with Gasteiger partial charge in [0, 0.05) is 17.4 Å². The van der Waals surface area contributed by atoms with E-state index >= 15 is 0 Å². The number of hydrogen-bond donors (Lipinski definition) is 0. The van der Waals surface area contributed by atoms with Crippen molar-refractivity contribution in [3.05, 3.63) is 74.9 Å². The van der Waals surface area contributed by atoms with Crippen molar-refractivity contribution in [1.82, 2.24) is 0 Å². The Bertz CT molecular complexity index is 1280. The quantitative estimate of drug-likeness (QED) is 0.117. The van der Waals surface area contributed by atoms with Crippen molar-refractivity contribution in [2.24, 2.45) is 5.92 Å². The second kappa shape index (κ2) is 10.7. The van der Waals surface area contributed by atoms with Crippen LogP contribution in [0.25, 0.3) is 0 Å². The molecule has 2 aromatic carbocycles. The first-order valence-corrected chi connectivity index (χ1v) is 14.2. The third-order valence-electron chi connectivity index (χ3n) is 7.33. The summed E-state index contributed by atoms with van der Waals surface area (Å²) in [6, 6.07) is 10.4. The van der Waals surface area contributed by atoms with Crippen LogP contribution in [-0.4, -0.2) is 25.7 Å². The number of nitrogens with zero attached hydrogens (tertiary/aromatic N) is 1. The molecule has 0 N–H and O–H groups in total. The topological polar surface area (TPSA) is 105 Å². The van der Waals surface area contributed by atoms with Gasteiger partial charge in [0.05, 0.1) is 6.61 Å². The molecule has 0 unspecified atom stereocenters. The Morgan fingerprint density at radius 1 is 1.11 bits per heavy atom. The van der Waals surface area contributed by atoms with Gasteiger partial charge in [-0.05, 0) is 89.6 Å². The van der Waals surface area contributed by atoms with Crippen molar-refractivity contribution < 1.29 is 27.3 Å². The lowest BCUT2D eigenvalue weighted by molar-refractivity contribution is -0.757. The fourth-order valence-electron chi connectivity index (χ4n) is 5.39. The Morgan fingerprint density at radius 2 is 1.84 bits per heavy atom. The van der Waals surface area contributed by atoms with E-state index in [9.17, 15) is 18.5 Å². The molecule has 4 rings (SSSR count). The molecule has 1 heterocycles. The van der Waals surface area contributed by atoms with Crippen LogP contribution >= 0.6 is 0 Å². The van der Waals surface area contributed by atoms with Gasteiger partial charge in [-0.25, -0.2) is 0 Å². The molecule has 0 saturated heterocycles. The third kappa shape index (κ3) is 6.26. The average Bonchev–Trinajstić information content (AvgIpc) is 2.80. The molecule has 0 radical (unpaired) electrons. The van der Waals surface area contributed by atoms with E-state index in [0.29, 0.717) is 24.3 Å². The molecule has 2 aromatic rings. The molecule has 1 aliphatic heterocycles. The lowest BCUT2D eigenvalue weighted by atomic mass is 9.68. The molecular formula is C28H35NO7S. The van der Waals surface area contributed by atoms with Crippen LogP contribution in [0.3, 0.4) is 0 Å². The minimum atomic E-state index is -4.06. The summed E-state index contributed by atoms with van der Waals surface area (Å²) in [5.41, 5.74) is 3.50. The predicted molar refractivity (Wildman–Crippen MR) is 140 cm³/mol. The summed E-state index contributed by atoms with van der Waals surface area (Å²) in [4.78, 5) is 14.8. The van der Waals surface area contributed by atoms with Crippen molar-refractivity contribution >= 4 is 10.1 Å². The van der Waals surface area contributed by atoms with Crippen LogP contribution in [0.1, 0.15) is 75.5 Å². The molecule has 9 heteroatoms. The molecule has 0 fully saturated rings. The molecule has 37 heavy (non-hydrogen) atoms. The van der Waals surface area contributed by atoms with Gasteiger partial charge in [0.1, 0.15) is 16.2 Å². The summed E-state index contributed by atoms with van der Waals surface area (Å²) in [6.45, 7) is 8.25. The maximum absolute atomic E-state index is 13.3. The summed E-state index contributed by atoms with van der Waals surface area (Å²) in [7, 11) is -4.06. The summed E-state index contributed by atoms with van der Waals surface area (Å²) >= 11 is 0. The summed E-state index contributed by atoms with van der Waals surface area (Å²) < 4.78 is 39.0. The molecule has 0 bridgehead atoms. The van der Waals surface area contributed by atoms with Crippen LogP contribution < -0.4 is 8.92 Å². The van der Waals surface area contributed by atoms with Gasteiger partial charge in [0.25, 0.3) is 5.09 Å². The number of allylic oxidation sites excluding steroid dienone is 2. The Kier molecular flexibility index (Phi) is 7.83. The van der Waals surface area contributed by atoms with E-state index in [0.717, 1.165) is 42.4 Å². The first kappa shape index (κ1) is 27.0. The Balaban J connectivity index is 1.68. The van der Waals surface area contributed by atoms with Crippen molar-refractivity contribution in [1.29, 1.82) is 0 Å². The predicted octanol–water partition coefficient (Wildman–Crippen LogP) is 6.29. The van der Waals surface area contributed by atoms with Crippen LogP contribution in [-0.2, 0) is 21.4 Å². The summed E-state index contributed by atoms with van der Waals surface area (Å²) in [5, 5.41) is 9.55. The Hall–Kier alpha value is -3.07. The molecule has 2 atom stereocenters. The monoisotopic (exact) mass is 529 g/mol. The van der Waals surface area contributed by atoms with Crippen LogP contribution in [0.2, 0.25) is 0 Å². The van der Waals surface area contributed by atoms with Gasteiger partial charge in [0.15, 0.2) is 5.75 Å². The molecule has 0 spiro atoms. The zero-order valence-corrected chi connectivity index (χ0v) is 22.7. The highest BCUT2D eigenvalue weighted by atomic mass is 32.2. The van der Waals surface area contributed by atoms with Gasteiger partial charge < -0.3 is 13.8 Å². The van der Waals surface area contributed by atoms with Gasteiger partial charge in [-0.15, -0.1) is 10.1 Å². The molecule has 0 aromatic heterocycles. The van der Waals surface area contributed by atoms with Crippen molar-refractivity contribution in [2.75, 3.05) is 6.61 Å².